The van der Waals surface area contributed by atoms with Crippen molar-refractivity contribution in [1.29, 1.82) is 0 Å². The fourth-order valence-corrected chi connectivity index (χ4v) is 6.76. The summed E-state index contributed by atoms with van der Waals surface area (Å²) in [5.74, 6) is -2.29. The van der Waals surface area contributed by atoms with Crippen LogP contribution in [0, 0.1) is 6.92 Å². The van der Waals surface area contributed by atoms with Crippen LogP contribution >= 0.6 is 11.8 Å². The van der Waals surface area contributed by atoms with Crippen molar-refractivity contribution in [3.05, 3.63) is 60.2 Å². The third-order valence-corrected chi connectivity index (χ3v) is 9.00. The summed E-state index contributed by atoms with van der Waals surface area (Å²) < 4.78 is 36.7. The quantitative estimate of drug-likeness (QED) is 0.327. The second-order valence-electron chi connectivity index (χ2n) is 8.89. The van der Waals surface area contributed by atoms with Crippen LogP contribution in [0.2, 0.25) is 0 Å². The third-order valence-electron chi connectivity index (χ3n) is 5.97. The van der Waals surface area contributed by atoms with E-state index in [9.17, 15) is 33.3 Å². The lowest BCUT2D eigenvalue weighted by atomic mass is 9.90. The van der Waals surface area contributed by atoms with E-state index in [1.54, 1.807) is 49.4 Å². The second-order valence-corrected chi connectivity index (χ2v) is 12.3. The molecule has 1 aliphatic rings. The summed E-state index contributed by atoms with van der Waals surface area (Å²) >= 11 is 0.933. The minimum Gasteiger partial charge on any atom is -0.466 e. The minimum absolute atomic E-state index is 0.0455. The first kappa shape index (κ1) is 29.1. The first-order valence-electron chi connectivity index (χ1n) is 11.5. The SMILES string of the molecule is COC(=O)[C@@]1(Sc2ccccc2)C[C@H](O)[C@@H](NC(C)=O)[C@H]([C@H](O)[C@H](O)CS(=O)(=O)c2ccc(C)cc2)O1. The van der Waals surface area contributed by atoms with E-state index in [1.807, 2.05) is 0 Å². The molecule has 6 atom stereocenters. The molecule has 3 rings (SSSR count). The predicted octanol–water partition coefficient (Wildman–Crippen LogP) is 0.807. The molecule has 0 unspecified atom stereocenters. The maximum atomic E-state index is 12.9. The van der Waals surface area contributed by atoms with E-state index in [4.69, 9.17) is 9.47 Å². The number of carbonyl (C=O) groups excluding carboxylic acids is 2. The molecule has 1 aliphatic heterocycles. The third kappa shape index (κ3) is 6.89. The fourth-order valence-electron chi connectivity index (χ4n) is 4.12. The lowest BCUT2D eigenvalue weighted by Gasteiger charge is -2.47. The molecule has 2 aromatic carbocycles. The van der Waals surface area contributed by atoms with Crippen LogP contribution in [0.4, 0.5) is 0 Å². The number of thioether (sulfide) groups is 1. The van der Waals surface area contributed by atoms with Gasteiger partial charge in [0.25, 0.3) is 0 Å². The number of aryl methyl sites for hydroxylation is 1. The number of carbonyl (C=O) groups is 2. The Labute approximate surface area is 219 Å². The van der Waals surface area contributed by atoms with Crippen LogP contribution in [0.1, 0.15) is 18.9 Å². The molecule has 1 heterocycles. The first-order valence-corrected chi connectivity index (χ1v) is 14.0. The van der Waals surface area contributed by atoms with Gasteiger partial charge in [-0.15, -0.1) is 0 Å². The Bertz CT molecular complexity index is 1190. The van der Waals surface area contributed by atoms with Gasteiger partial charge in [0, 0.05) is 18.2 Å². The molecule has 4 N–H and O–H groups in total. The highest BCUT2D eigenvalue weighted by Crippen LogP contribution is 2.44. The van der Waals surface area contributed by atoms with E-state index in [1.165, 1.54) is 19.1 Å². The number of benzene rings is 2. The van der Waals surface area contributed by atoms with Crippen LogP contribution in [0.5, 0.6) is 0 Å². The van der Waals surface area contributed by atoms with E-state index in [0.29, 0.717) is 4.90 Å². The van der Waals surface area contributed by atoms with E-state index in [2.05, 4.69) is 5.32 Å². The topological polar surface area (TPSA) is 159 Å². The molecular formula is C25H31NO9S2. The van der Waals surface area contributed by atoms with Crippen LogP contribution < -0.4 is 5.32 Å². The molecule has 0 spiro atoms. The molecule has 2 aromatic rings. The van der Waals surface area contributed by atoms with E-state index >= 15 is 0 Å². The molecule has 1 saturated heterocycles. The van der Waals surface area contributed by atoms with Crippen LogP contribution in [-0.2, 0) is 28.9 Å². The normalized spacial score (nSPS) is 25.6. The molecule has 0 aliphatic carbocycles. The van der Waals surface area contributed by atoms with Crippen LogP contribution in [0.25, 0.3) is 0 Å². The van der Waals surface area contributed by atoms with Crippen molar-refractivity contribution in [2.75, 3.05) is 12.9 Å². The van der Waals surface area contributed by atoms with Gasteiger partial charge in [-0.2, -0.15) is 0 Å². The first-order chi connectivity index (χ1) is 17.4. The molecule has 0 radical (unpaired) electrons. The lowest BCUT2D eigenvalue weighted by molar-refractivity contribution is -0.203. The van der Waals surface area contributed by atoms with Crippen molar-refractivity contribution in [3.8, 4) is 0 Å². The number of sulfone groups is 1. The van der Waals surface area contributed by atoms with Crippen molar-refractivity contribution in [3.63, 3.8) is 0 Å². The number of aliphatic hydroxyl groups is 3. The van der Waals surface area contributed by atoms with Gasteiger partial charge in [-0.1, -0.05) is 47.7 Å². The molecule has 0 saturated carbocycles. The Kier molecular flexibility index (Phi) is 9.37. The van der Waals surface area contributed by atoms with Crippen molar-refractivity contribution >= 4 is 33.5 Å². The molecule has 37 heavy (non-hydrogen) atoms. The molecular weight excluding hydrogens is 522 g/mol. The van der Waals surface area contributed by atoms with Crippen LogP contribution in [0.15, 0.2) is 64.4 Å². The zero-order valence-electron chi connectivity index (χ0n) is 20.6. The Morgan fingerprint density at radius 2 is 1.78 bits per heavy atom. The number of rotatable bonds is 9. The summed E-state index contributed by atoms with van der Waals surface area (Å²) in [6, 6.07) is 13.4. The zero-order chi connectivity index (χ0) is 27.4. The molecule has 10 nitrogen and oxygen atoms in total. The van der Waals surface area contributed by atoms with Gasteiger partial charge < -0.3 is 30.1 Å². The Hall–Kier alpha value is -2.48. The molecule has 1 amide bonds. The van der Waals surface area contributed by atoms with Crippen molar-refractivity contribution in [2.45, 2.75) is 65.5 Å². The fraction of sp³-hybridized carbons (Fsp3) is 0.440. The predicted molar refractivity (Wildman–Crippen MR) is 135 cm³/mol. The van der Waals surface area contributed by atoms with Gasteiger partial charge in [0.1, 0.15) is 12.2 Å². The summed E-state index contributed by atoms with van der Waals surface area (Å²) in [6.45, 7) is 2.99. The van der Waals surface area contributed by atoms with Crippen molar-refractivity contribution < 1.29 is 42.8 Å². The number of nitrogens with one attached hydrogen (secondary N) is 1. The summed E-state index contributed by atoms with van der Waals surface area (Å²) in [5.41, 5.74) is 0.845. The van der Waals surface area contributed by atoms with Gasteiger partial charge in [-0.05, 0) is 31.2 Å². The Morgan fingerprint density at radius 3 is 2.35 bits per heavy atom. The molecule has 0 aromatic heterocycles. The highest BCUT2D eigenvalue weighted by molar-refractivity contribution is 8.01. The second kappa shape index (κ2) is 11.9. The number of hydrogen-bond donors (Lipinski definition) is 4. The Morgan fingerprint density at radius 1 is 1.16 bits per heavy atom. The van der Waals surface area contributed by atoms with Crippen molar-refractivity contribution in [1.82, 2.24) is 5.32 Å². The van der Waals surface area contributed by atoms with Gasteiger partial charge in [0.15, 0.2) is 9.84 Å². The lowest BCUT2D eigenvalue weighted by Crippen LogP contribution is -2.66. The number of amides is 1. The summed E-state index contributed by atoms with van der Waals surface area (Å²) in [4.78, 5) is 23.5. The van der Waals surface area contributed by atoms with Gasteiger partial charge in [0.2, 0.25) is 10.8 Å². The van der Waals surface area contributed by atoms with Crippen LogP contribution in [-0.4, -0.2) is 83.9 Å². The monoisotopic (exact) mass is 553 g/mol. The Balaban J connectivity index is 1.94. The van der Waals surface area contributed by atoms with Crippen LogP contribution in [0.3, 0.4) is 0 Å². The summed E-state index contributed by atoms with van der Waals surface area (Å²) in [6.07, 6.45) is -7.08. The van der Waals surface area contributed by atoms with Gasteiger partial charge >= 0.3 is 5.97 Å². The number of ether oxygens (including phenoxy) is 2. The van der Waals surface area contributed by atoms with Gasteiger partial charge in [-0.3, -0.25) is 4.79 Å². The minimum atomic E-state index is -4.02. The van der Waals surface area contributed by atoms with E-state index < -0.39 is 62.9 Å². The smallest absolute Gasteiger partial charge is 0.349 e. The van der Waals surface area contributed by atoms with E-state index in [0.717, 1.165) is 24.4 Å². The van der Waals surface area contributed by atoms with Gasteiger partial charge in [-0.25, -0.2) is 13.2 Å². The molecule has 0 bridgehead atoms. The zero-order valence-corrected chi connectivity index (χ0v) is 22.2. The number of hydrogen-bond acceptors (Lipinski definition) is 10. The molecule has 12 heteroatoms. The maximum Gasteiger partial charge on any atom is 0.349 e. The van der Waals surface area contributed by atoms with Crippen molar-refractivity contribution in [2.24, 2.45) is 0 Å². The largest absolute Gasteiger partial charge is 0.466 e. The number of esters is 1. The summed E-state index contributed by atoms with van der Waals surface area (Å²) in [5, 5.41) is 35.3. The molecule has 1 fully saturated rings. The average Bonchev–Trinajstić information content (AvgIpc) is 2.85. The molecule has 202 valence electrons. The highest BCUT2D eigenvalue weighted by Gasteiger charge is 2.56. The highest BCUT2D eigenvalue weighted by atomic mass is 32.2. The van der Waals surface area contributed by atoms with E-state index in [-0.39, 0.29) is 11.3 Å². The number of aliphatic hydroxyl groups excluding tert-OH is 3. The maximum absolute atomic E-state index is 12.9. The number of methoxy groups -OCH3 is 1. The van der Waals surface area contributed by atoms with Gasteiger partial charge in [0.05, 0.1) is 36.0 Å². The standard InChI is InChI=1S/C25H31NO9S2/c1-15-9-11-18(12-10-15)37(32,33)14-20(29)22(30)23-21(26-16(2)27)19(28)13-25(35-23,24(31)34-3)36-17-7-5-4-6-8-17/h4-12,19-23,28-30H,13-14H2,1-3H3,(H,26,27)/t19-,20+,21+,22+,23+,25-/m0/s1. The summed E-state index contributed by atoms with van der Waals surface area (Å²) in [7, 11) is -2.89. The average molecular weight is 554 g/mol.